The van der Waals surface area contributed by atoms with E-state index in [0.717, 1.165) is 54.4 Å². The Morgan fingerprint density at radius 3 is 2.71 bits per heavy atom. The van der Waals surface area contributed by atoms with Crippen LogP contribution in [0.15, 0.2) is 41.3 Å². The van der Waals surface area contributed by atoms with E-state index < -0.39 is 0 Å². The monoisotopic (exact) mass is 500 g/mol. The van der Waals surface area contributed by atoms with Gasteiger partial charge in [0.1, 0.15) is 5.82 Å². The fourth-order valence-electron chi connectivity index (χ4n) is 3.67. The minimum Gasteiger partial charge on any atom is -0.381 e. The lowest BCUT2D eigenvalue weighted by atomic mass is 9.92. The zero-order chi connectivity index (χ0) is 25.3. The molecule has 3 rings (SSSR count). The molecule has 1 saturated heterocycles. The quantitative estimate of drug-likeness (QED) is 0.336. The number of nitrogens with zero attached hydrogens (tertiary/aromatic N) is 3. The molecule has 0 aliphatic carbocycles. The Morgan fingerprint density at radius 1 is 1.31 bits per heavy atom. The Balaban J connectivity index is 1.53. The zero-order valence-electron chi connectivity index (χ0n) is 21.1. The SMILES string of the molecule is C=C(c1ccc(F)cc1)N(CCC(C)(C)C)/N=C\Cc1nc(CC(=O)NCC2CCOCC2)cs1. The summed E-state index contributed by atoms with van der Waals surface area (Å²) >= 11 is 1.53. The van der Waals surface area contributed by atoms with Gasteiger partial charge in [-0.05, 0) is 60.4 Å². The number of hydrazone groups is 1. The summed E-state index contributed by atoms with van der Waals surface area (Å²) in [5.74, 6) is 0.231. The van der Waals surface area contributed by atoms with Crippen molar-refractivity contribution in [3.8, 4) is 0 Å². The van der Waals surface area contributed by atoms with Crippen LogP contribution in [0.2, 0.25) is 0 Å². The maximum atomic E-state index is 13.3. The van der Waals surface area contributed by atoms with E-state index in [1.54, 1.807) is 12.1 Å². The first-order valence-corrected chi connectivity index (χ1v) is 13.1. The Bertz CT molecular complexity index is 991. The number of halogens is 1. The second-order valence-electron chi connectivity index (χ2n) is 10.2. The molecule has 0 unspecified atom stereocenters. The second kappa shape index (κ2) is 12.9. The van der Waals surface area contributed by atoms with Gasteiger partial charge < -0.3 is 10.1 Å². The molecular weight excluding hydrogens is 463 g/mol. The Labute approximate surface area is 212 Å². The molecule has 1 aliphatic heterocycles. The topological polar surface area (TPSA) is 66.8 Å². The average molecular weight is 501 g/mol. The lowest BCUT2D eigenvalue weighted by Crippen LogP contribution is -2.33. The van der Waals surface area contributed by atoms with Crippen LogP contribution in [0, 0.1) is 17.2 Å². The number of carbonyl (C=O) groups is 1. The van der Waals surface area contributed by atoms with Crippen molar-refractivity contribution < 1.29 is 13.9 Å². The summed E-state index contributed by atoms with van der Waals surface area (Å²) in [6, 6.07) is 6.31. The summed E-state index contributed by atoms with van der Waals surface area (Å²) in [4.78, 5) is 16.9. The van der Waals surface area contributed by atoms with Crippen LogP contribution in [0.25, 0.3) is 5.70 Å². The van der Waals surface area contributed by atoms with Crippen molar-refractivity contribution in [2.24, 2.45) is 16.4 Å². The number of amides is 1. The van der Waals surface area contributed by atoms with Crippen LogP contribution in [0.1, 0.15) is 56.3 Å². The molecule has 8 heteroatoms. The van der Waals surface area contributed by atoms with Gasteiger partial charge in [-0.25, -0.2) is 9.37 Å². The van der Waals surface area contributed by atoms with Crippen LogP contribution < -0.4 is 5.32 Å². The number of hydrogen-bond acceptors (Lipinski definition) is 6. The highest BCUT2D eigenvalue weighted by Gasteiger charge is 2.17. The van der Waals surface area contributed by atoms with Crippen LogP contribution in [0.4, 0.5) is 4.39 Å². The largest absolute Gasteiger partial charge is 0.381 e. The minimum atomic E-state index is -0.275. The van der Waals surface area contributed by atoms with Crippen LogP contribution in [-0.4, -0.2) is 48.4 Å². The number of aromatic nitrogens is 1. The summed E-state index contributed by atoms with van der Waals surface area (Å²) in [5, 5.41) is 12.4. The minimum absolute atomic E-state index is 0.00552. The Morgan fingerprint density at radius 2 is 2.03 bits per heavy atom. The van der Waals surface area contributed by atoms with Crippen molar-refractivity contribution in [3.05, 3.63) is 58.3 Å². The Kier molecular flexibility index (Phi) is 9.98. The van der Waals surface area contributed by atoms with Crippen LogP contribution in [0.5, 0.6) is 0 Å². The fourth-order valence-corrected chi connectivity index (χ4v) is 4.42. The maximum Gasteiger partial charge on any atom is 0.226 e. The molecule has 0 saturated carbocycles. The molecule has 0 spiro atoms. The van der Waals surface area contributed by atoms with Crippen LogP contribution in [0.3, 0.4) is 0 Å². The van der Waals surface area contributed by atoms with Gasteiger partial charge in [-0.2, -0.15) is 5.10 Å². The fraction of sp³-hybridized carbons (Fsp3) is 0.519. The number of thiazole rings is 1. The number of benzene rings is 1. The molecule has 35 heavy (non-hydrogen) atoms. The first-order chi connectivity index (χ1) is 16.7. The normalized spacial score (nSPS) is 14.9. The summed E-state index contributed by atoms with van der Waals surface area (Å²) in [6.07, 6.45) is 5.61. The molecule has 0 radical (unpaired) electrons. The number of hydrogen-bond donors (Lipinski definition) is 1. The molecule has 1 fully saturated rings. The average Bonchev–Trinajstić information content (AvgIpc) is 3.27. The van der Waals surface area contributed by atoms with Gasteiger partial charge in [0, 0.05) is 44.3 Å². The number of carbonyl (C=O) groups excluding carboxylic acids is 1. The lowest BCUT2D eigenvalue weighted by Gasteiger charge is -2.26. The Hall–Kier alpha value is -2.58. The van der Waals surface area contributed by atoms with E-state index >= 15 is 0 Å². The molecule has 0 atom stereocenters. The zero-order valence-corrected chi connectivity index (χ0v) is 21.9. The van der Waals surface area contributed by atoms with Crippen molar-refractivity contribution in [1.82, 2.24) is 15.3 Å². The van der Waals surface area contributed by atoms with E-state index in [9.17, 15) is 9.18 Å². The predicted molar refractivity (Wildman–Crippen MR) is 141 cm³/mol. The predicted octanol–water partition coefficient (Wildman–Crippen LogP) is 5.30. The third kappa shape index (κ3) is 9.53. The summed E-state index contributed by atoms with van der Waals surface area (Å²) < 4.78 is 18.7. The van der Waals surface area contributed by atoms with E-state index in [2.05, 4.69) is 42.8 Å². The summed E-state index contributed by atoms with van der Waals surface area (Å²) in [6.45, 7) is 13.7. The highest BCUT2D eigenvalue weighted by molar-refractivity contribution is 7.09. The van der Waals surface area contributed by atoms with E-state index in [4.69, 9.17) is 4.74 Å². The molecular formula is C27H37FN4O2S. The number of ether oxygens (including phenoxy) is 1. The van der Waals surface area contributed by atoms with Crippen molar-refractivity contribution in [1.29, 1.82) is 0 Å². The maximum absolute atomic E-state index is 13.3. The van der Waals surface area contributed by atoms with E-state index in [-0.39, 0.29) is 23.6 Å². The first-order valence-electron chi connectivity index (χ1n) is 12.2. The molecule has 2 aromatic rings. The van der Waals surface area contributed by atoms with Gasteiger partial charge in [0.2, 0.25) is 5.91 Å². The van der Waals surface area contributed by atoms with Crippen molar-refractivity contribution in [3.63, 3.8) is 0 Å². The van der Waals surface area contributed by atoms with Gasteiger partial charge in [0.25, 0.3) is 0 Å². The van der Waals surface area contributed by atoms with Gasteiger partial charge in [0.15, 0.2) is 0 Å². The van der Waals surface area contributed by atoms with Crippen molar-refractivity contribution in [2.75, 3.05) is 26.3 Å². The second-order valence-corrected chi connectivity index (χ2v) is 11.1. The molecule has 1 amide bonds. The van der Waals surface area contributed by atoms with E-state index in [0.29, 0.717) is 25.4 Å². The van der Waals surface area contributed by atoms with Crippen molar-refractivity contribution in [2.45, 2.75) is 52.9 Å². The molecule has 2 heterocycles. The van der Waals surface area contributed by atoms with Gasteiger partial charge in [-0.3, -0.25) is 9.80 Å². The van der Waals surface area contributed by atoms with Gasteiger partial charge >= 0.3 is 0 Å². The third-order valence-corrected chi connectivity index (χ3v) is 6.84. The highest BCUT2D eigenvalue weighted by atomic mass is 32.1. The summed E-state index contributed by atoms with van der Waals surface area (Å²) in [5.41, 5.74) is 2.49. The van der Waals surface area contributed by atoms with Crippen LogP contribution >= 0.6 is 11.3 Å². The summed E-state index contributed by atoms with van der Waals surface area (Å²) in [7, 11) is 0. The molecule has 0 bridgehead atoms. The van der Waals surface area contributed by atoms with Gasteiger partial charge in [-0.1, -0.05) is 27.4 Å². The van der Waals surface area contributed by atoms with E-state index in [1.807, 2.05) is 16.6 Å². The molecule has 6 nitrogen and oxygen atoms in total. The number of nitrogens with one attached hydrogen (secondary N) is 1. The first kappa shape index (κ1) is 27.0. The molecule has 1 aromatic heterocycles. The molecule has 1 aliphatic rings. The third-order valence-electron chi connectivity index (χ3n) is 5.92. The number of rotatable bonds is 11. The molecule has 1 aromatic carbocycles. The van der Waals surface area contributed by atoms with Gasteiger partial charge in [0.05, 0.1) is 22.8 Å². The lowest BCUT2D eigenvalue weighted by molar-refractivity contribution is -0.120. The smallest absolute Gasteiger partial charge is 0.226 e. The molecule has 190 valence electrons. The standard InChI is InChI=1S/C27H37FN4O2S/c1-20(22-5-7-23(28)8-6-22)32(14-12-27(2,3)4)30-13-9-26-31-24(19-35-26)17-25(33)29-18-21-10-15-34-16-11-21/h5-8,13,19,21H,1,9-12,14-18H2,2-4H3,(H,29,33)/b30-13-. The molecule has 1 N–H and O–H groups in total. The van der Waals surface area contributed by atoms with Crippen LogP contribution in [-0.2, 0) is 22.4 Å². The highest BCUT2D eigenvalue weighted by Crippen LogP contribution is 2.24. The van der Waals surface area contributed by atoms with Crippen molar-refractivity contribution >= 4 is 29.2 Å². The van der Waals surface area contributed by atoms with E-state index in [1.165, 1.54) is 23.5 Å². The van der Waals surface area contributed by atoms with Gasteiger partial charge in [-0.15, -0.1) is 11.3 Å².